The Balaban J connectivity index is 1.22. The quantitative estimate of drug-likeness (QED) is 0.279. The summed E-state index contributed by atoms with van der Waals surface area (Å²) in [5.74, 6) is 2.79. The number of rotatable bonds is 7. The molecule has 3 aliphatic heterocycles. The molecule has 5 heterocycles. The van der Waals surface area contributed by atoms with Crippen LogP contribution in [-0.4, -0.2) is 82.5 Å². The van der Waals surface area contributed by atoms with Gasteiger partial charge in [0.1, 0.15) is 28.8 Å². The molecule has 3 saturated heterocycles. The molecule has 45 heavy (non-hydrogen) atoms. The summed E-state index contributed by atoms with van der Waals surface area (Å²) >= 11 is 0. The van der Waals surface area contributed by atoms with Gasteiger partial charge in [0.25, 0.3) is 0 Å². The minimum absolute atomic E-state index is 0.0119. The van der Waals surface area contributed by atoms with E-state index in [1.54, 1.807) is 24.4 Å². The molecule has 4 aromatic rings. The predicted octanol–water partition coefficient (Wildman–Crippen LogP) is 5.12. The van der Waals surface area contributed by atoms with E-state index in [9.17, 15) is 13.9 Å². The molecule has 3 atom stereocenters. The average molecular weight is 611 g/mol. The van der Waals surface area contributed by atoms with Gasteiger partial charge in [-0.3, -0.25) is 9.88 Å². The predicted molar refractivity (Wildman–Crippen MR) is 170 cm³/mol. The number of terminal acetylenes is 1. The number of phenolic OH excluding ortho intramolecular Hbond substituents is 1. The first-order valence-corrected chi connectivity index (χ1v) is 15.9. The number of fused-ring (bicyclic) bond motifs is 4. The highest BCUT2D eigenvalue weighted by atomic mass is 19.1. The lowest BCUT2D eigenvalue weighted by Crippen LogP contribution is -2.51. The Labute approximate surface area is 260 Å². The Kier molecular flexibility index (Phi) is 6.80. The Morgan fingerprint density at radius 3 is 2.60 bits per heavy atom. The molecule has 232 valence electrons. The first kappa shape index (κ1) is 28.4. The minimum atomic E-state index is -0.746. The number of halogens is 2. The van der Waals surface area contributed by atoms with E-state index in [4.69, 9.17) is 26.1 Å². The van der Waals surface area contributed by atoms with Crippen molar-refractivity contribution in [2.75, 3.05) is 44.2 Å². The number of piperazine rings is 1. The number of hydrogen-bond donors (Lipinski definition) is 2. The number of nitrogens with zero attached hydrogens (tertiary/aromatic N) is 5. The fourth-order valence-corrected chi connectivity index (χ4v) is 7.61. The topological polar surface area (TPSA) is 86.6 Å². The second-order valence-electron chi connectivity index (χ2n) is 13.4. The summed E-state index contributed by atoms with van der Waals surface area (Å²) in [6.07, 6.45) is 11.7. The summed E-state index contributed by atoms with van der Waals surface area (Å²) in [4.78, 5) is 19.3. The molecule has 2 aromatic heterocycles. The molecule has 0 amide bonds. The summed E-state index contributed by atoms with van der Waals surface area (Å²) in [6, 6.07) is 7.20. The fourth-order valence-electron chi connectivity index (χ4n) is 7.61. The molecule has 8 nitrogen and oxygen atoms in total. The van der Waals surface area contributed by atoms with Crippen LogP contribution >= 0.6 is 0 Å². The van der Waals surface area contributed by atoms with E-state index in [0.717, 1.165) is 63.2 Å². The fraction of sp³-hybridized carbons (Fsp3) is 0.457. The first-order chi connectivity index (χ1) is 21.8. The summed E-state index contributed by atoms with van der Waals surface area (Å²) in [5.41, 5.74) is 3.51. The van der Waals surface area contributed by atoms with Gasteiger partial charge in [0, 0.05) is 67.4 Å². The summed E-state index contributed by atoms with van der Waals surface area (Å²) in [7, 11) is 0. The van der Waals surface area contributed by atoms with Crippen LogP contribution in [0.5, 0.6) is 11.8 Å². The monoisotopic (exact) mass is 610 g/mol. The first-order valence-electron chi connectivity index (χ1n) is 15.9. The lowest BCUT2D eigenvalue weighted by molar-refractivity contribution is 0.165. The van der Waals surface area contributed by atoms with Crippen molar-refractivity contribution in [3.8, 4) is 35.2 Å². The SMILES string of the molecule is C#Cc1c(F)ccc2cc(O)cc(-c3cnc4c(N5CC6CCC(C5)N6)nc(OCC5(CN6CC[C@@H](F)C6)CC5)nc4c3C)c12. The lowest BCUT2D eigenvalue weighted by atomic mass is 9.92. The third-order valence-corrected chi connectivity index (χ3v) is 10.2. The van der Waals surface area contributed by atoms with Crippen molar-refractivity contribution in [2.45, 2.75) is 57.3 Å². The molecule has 2 N–H and O–H groups in total. The normalized spacial score (nSPS) is 24.0. The molecule has 1 aliphatic carbocycles. The third-order valence-electron chi connectivity index (χ3n) is 10.2. The zero-order valence-corrected chi connectivity index (χ0v) is 25.3. The van der Waals surface area contributed by atoms with Gasteiger partial charge in [-0.25, -0.2) is 8.78 Å². The summed E-state index contributed by atoms with van der Waals surface area (Å²) in [6.45, 7) is 6.14. The maximum Gasteiger partial charge on any atom is 0.319 e. The van der Waals surface area contributed by atoms with Crippen LogP contribution in [0.25, 0.3) is 32.9 Å². The van der Waals surface area contributed by atoms with Gasteiger partial charge in [-0.05, 0) is 73.7 Å². The Bertz CT molecular complexity index is 1860. The number of aromatic hydroxyl groups is 1. The number of nitrogens with one attached hydrogen (secondary N) is 1. The molecule has 10 heteroatoms. The Morgan fingerprint density at radius 1 is 1.09 bits per heavy atom. The zero-order chi connectivity index (χ0) is 30.9. The van der Waals surface area contributed by atoms with Crippen LogP contribution in [-0.2, 0) is 0 Å². The molecule has 2 bridgehead atoms. The summed E-state index contributed by atoms with van der Waals surface area (Å²) < 4.78 is 35.1. The maximum absolute atomic E-state index is 14.9. The summed E-state index contributed by atoms with van der Waals surface area (Å²) in [5, 5.41) is 15.5. The molecular weight excluding hydrogens is 574 g/mol. The highest BCUT2D eigenvalue weighted by Gasteiger charge is 2.46. The molecular formula is C35H36F2N6O2. The highest BCUT2D eigenvalue weighted by molar-refractivity contribution is 6.04. The lowest BCUT2D eigenvalue weighted by Gasteiger charge is -2.34. The van der Waals surface area contributed by atoms with Crippen LogP contribution in [0.4, 0.5) is 14.6 Å². The smallest absolute Gasteiger partial charge is 0.319 e. The molecule has 8 rings (SSSR count). The van der Waals surface area contributed by atoms with Crippen molar-refractivity contribution >= 4 is 27.6 Å². The van der Waals surface area contributed by atoms with Crippen molar-refractivity contribution in [3.63, 3.8) is 0 Å². The van der Waals surface area contributed by atoms with E-state index in [0.29, 0.717) is 64.6 Å². The van der Waals surface area contributed by atoms with Crippen LogP contribution < -0.4 is 15.0 Å². The third kappa shape index (κ3) is 5.12. The number of likely N-dealkylation sites (tertiary alicyclic amines) is 1. The van der Waals surface area contributed by atoms with Gasteiger partial charge in [0.15, 0.2) is 5.82 Å². The van der Waals surface area contributed by atoms with Crippen LogP contribution in [0.1, 0.15) is 43.2 Å². The van der Waals surface area contributed by atoms with Gasteiger partial charge >= 0.3 is 6.01 Å². The molecule has 4 aliphatic rings. The van der Waals surface area contributed by atoms with Crippen LogP contribution in [0, 0.1) is 30.5 Å². The molecule has 2 aromatic carbocycles. The van der Waals surface area contributed by atoms with E-state index in [1.165, 1.54) is 6.07 Å². The Hall–Kier alpha value is -4.07. The maximum atomic E-state index is 14.9. The zero-order valence-electron chi connectivity index (χ0n) is 25.3. The van der Waals surface area contributed by atoms with Crippen molar-refractivity contribution in [3.05, 3.63) is 47.4 Å². The van der Waals surface area contributed by atoms with Gasteiger partial charge in [0.2, 0.25) is 0 Å². The second kappa shape index (κ2) is 10.8. The average Bonchev–Trinajstić information content (AvgIpc) is 3.55. The number of ether oxygens (including phenoxy) is 1. The van der Waals surface area contributed by atoms with Gasteiger partial charge in [-0.2, -0.15) is 9.97 Å². The number of aromatic nitrogens is 3. The van der Waals surface area contributed by atoms with E-state index < -0.39 is 12.0 Å². The Morgan fingerprint density at radius 2 is 1.89 bits per heavy atom. The van der Waals surface area contributed by atoms with E-state index in [1.807, 2.05) is 6.92 Å². The molecule has 4 fully saturated rings. The van der Waals surface area contributed by atoms with Gasteiger partial charge in [-0.15, -0.1) is 6.42 Å². The van der Waals surface area contributed by atoms with Crippen LogP contribution in [0.3, 0.4) is 0 Å². The van der Waals surface area contributed by atoms with E-state index >= 15 is 0 Å². The number of benzene rings is 2. The number of anilines is 1. The number of hydrogen-bond acceptors (Lipinski definition) is 8. The van der Waals surface area contributed by atoms with E-state index in [2.05, 4.69) is 21.0 Å². The highest BCUT2D eigenvalue weighted by Crippen LogP contribution is 2.47. The minimum Gasteiger partial charge on any atom is -0.508 e. The van der Waals surface area contributed by atoms with Crippen LogP contribution in [0.15, 0.2) is 30.5 Å². The van der Waals surface area contributed by atoms with E-state index in [-0.39, 0.29) is 22.7 Å². The van der Waals surface area contributed by atoms with Crippen molar-refractivity contribution < 1.29 is 18.6 Å². The molecule has 1 saturated carbocycles. The number of alkyl halides is 1. The molecule has 2 unspecified atom stereocenters. The van der Waals surface area contributed by atoms with Gasteiger partial charge in [0.05, 0.1) is 12.2 Å². The largest absolute Gasteiger partial charge is 0.508 e. The number of pyridine rings is 1. The van der Waals surface area contributed by atoms with Crippen molar-refractivity contribution in [1.82, 2.24) is 25.2 Å². The molecule has 0 spiro atoms. The van der Waals surface area contributed by atoms with Crippen molar-refractivity contribution in [1.29, 1.82) is 0 Å². The van der Waals surface area contributed by atoms with Crippen LogP contribution in [0.2, 0.25) is 0 Å². The van der Waals surface area contributed by atoms with Crippen molar-refractivity contribution in [2.24, 2.45) is 5.41 Å². The standard InChI is InChI=1S/C35H36F2N6O2/c1-3-26-29(37)7-4-21-12-25(44)13-27(30(21)26)28-14-38-32-31(20(28)2)40-34(41-33(32)43-16-23-5-6-24(17-43)39-23)45-19-35(9-10-35)18-42-11-8-22(36)15-42/h1,4,7,12-14,22-24,39,44H,5-6,8-11,15-19H2,2H3/t22-,23?,24?/m1/s1. The van der Waals surface area contributed by atoms with Gasteiger partial charge in [-0.1, -0.05) is 12.0 Å². The number of aryl methyl sites for hydroxylation is 1. The second-order valence-corrected chi connectivity index (χ2v) is 13.4. The molecule has 0 radical (unpaired) electrons. The van der Waals surface area contributed by atoms with Gasteiger partial charge < -0.3 is 20.1 Å². The number of phenols is 1.